The van der Waals surface area contributed by atoms with Crippen LogP contribution in [-0.4, -0.2) is 36.3 Å². The lowest BCUT2D eigenvalue weighted by Gasteiger charge is -2.29. The minimum atomic E-state index is -0.282. The highest BCUT2D eigenvalue weighted by molar-refractivity contribution is 6.04. The summed E-state index contributed by atoms with van der Waals surface area (Å²) in [5.74, 6) is -0.518. The molecule has 1 aliphatic rings. The molecule has 1 N–H and O–H groups in total. The third-order valence-corrected chi connectivity index (χ3v) is 4.43. The smallest absolute Gasteiger partial charge is 0.241 e. The molecule has 5 nitrogen and oxygen atoms in total. The molecule has 0 bridgehead atoms. The summed E-state index contributed by atoms with van der Waals surface area (Å²) >= 11 is 0. The molecule has 6 heteroatoms. The number of hydrogen-bond donors (Lipinski definition) is 1. The lowest BCUT2D eigenvalue weighted by molar-refractivity contribution is -0.120. The summed E-state index contributed by atoms with van der Waals surface area (Å²) in [6.07, 6.45) is 0.234. The number of anilines is 2. The molecule has 26 heavy (non-hydrogen) atoms. The Morgan fingerprint density at radius 3 is 2.69 bits per heavy atom. The van der Waals surface area contributed by atoms with Gasteiger partial charge in [0.2, 0.25) is 11.8 Å². The van der Waals surface area contributed by atoms with Crippen molar-refractivity contribution in [3.8, 4) is 0 Å². The quantitative estimate of drug-likeness (QED) is 0.917. The van der Waals surface area contributed by atoms with Crippen molar-refractivity contribution >= 4 is 23.2 Å². The van der Waals surface area contributed by atoms with Crippen molar-refractivity contribution in [2.45, 2.75) is 25.9 Å². The molecule has 3 rings (SSSR count). The van der Waals surface area contributed by atoms with E-state index in [4.69, 9.17) is 0 Å². The number of nitrogens with zero attached hydrogens (tertiary/aromatic N) is 2. The van der Waals surface area contributed by atoms with Crippen LogP contribution < -0.4 is 10.2 Å². The average molecular weight is 355 g/mol. The van der Waals surface area contributed by atoms with Gasteiger partial charge in [0.05, 0.1) is 17.9 Å². The molecule has 2 amide bonds. The highest BCUT2D eigenvalue weighted by Gasteiger charge is 2.29. The third-order valence-electron chi connectivity index (χ3n) is 4.43. The summed E-state index contributed by atoms with van der Waals surface area (Å²) in [6, 6.07) is 13.6. The maximum absolute atomic E-state index is 13.8. The monoisotopic (exact) mass is 355 g/mol. The Morgan fingerprint density at radius 2 is 1.92 bits per heavy atom. The first kappa shape index (κ1) is 18.1. The zero-order chi connectivity index (χ0) is 18.7. The highest BCUT2D eigenvalue weighted by Crippen LogP contribution is 2.31. The molecule has 1 heterocycles. The summed E-state index contributed by atoms with van der Waals surface area (Å²) in [6.45, 7) is 2.32. The van der Waals surface area contributed by atoms with Crippen LogP contribution in [0.15, 0.2) is 48.5 Å². The van der Waals surface area contributed by atoms with Crippen molar-refractivity contribution in [1.82, 2.24) is 4.90 Å². The number of carbonyl (C=O) groups is 2. The first-order valence-corrected chi connectivity index (χ1v) is 8.58. The average Bonchev–Trinajstić information content (AvgIpc) is 2.71. The van der Waals surface area contributed by atoms with E-state index in [0.29, 0.717) is 23.5 Å². The number of benzene rings is 2. The fourth-order valence-corrected chi connectivity index (χ4v) is 3.25. The first-order chi connectivity index (χ1) is 12.5. The van der Waals surface area contributed by atoms with Crippen LogP contribution in [-0.2, 0) is 16.1 Å². The number of likely N-dealkylation sites (N-methyl/N-ethyl adjacent to an activating group) is 1. The van der Waals surface area contributed by atoms with E-state index in [9.17, 15) is 14.0 Å². The Morgan fingerprint density at radius 1 is 1.23 bits per heavy atom. The van der Waals surface area contributed by atoms with Gasteiger partial charge in [-0.05, 0) is 32.2 Å². The van der Waals surface area contributed by atoms with Gasteiger partial charge in [0.15, 0.2) is 0 Å². The molecule has 2 aromatic rings. The molecule has 0 spiro atoms. The number of para-hydroxylation sites is 2. The zero-order valence-electron chi connectivity index (χ0n) is 14.9. The van der Waals surface area contributed by atoms with E-state index in [0.717, 1.165) is 0 Å². The molecule has 0 radical (unpaired) electrons. The van der Waals surface area contributed by atoms with Crippen LogP contribution in [0.1, 0.15) is 18.9 Å². The normalized spacial score (nSPS) is 16.8. The number of halogens is 1. The molecule has 0 saturated heterocycles. The van der Waals surface area contributed by atoms with Gasteiger partial charge in [-0.15, -0.1) is 0 Å². The number of nitrogens with one attached hydrogen (secondary N) is 1. The maximum Gasteiger partial charge on any atom is 0.241 e. The van der Waals surface area contributed by atoms with E-state index in [2.05, 4.69) is 5.32 Å². The van der Waals surface area contributed by atoms with Gasteiger partial charge >= 0.3 is 0 Å². The van der Waals surface area contributed by atoms with Crippen LogP contribution in [0.2, 0.25) is 0 Å². The summed E-state index contributed by atoms with van der Waals surface area (Å²) in [4.78, 5) is 28.4. The summed E-state index contributed by atoms with van der Waals surface area (Å²) < 4.78 is 13.8. The largest absolute Gasteiger partial charge is 0.324 e. The lowest BCUT2D eigenvalue weighted by Crippen LogP contribution is -2.44. The fourth-order valence-electron chi connectivity index (χ4n) is 3.25. The molecule has 0 saturated carbocycles. The van der Waals surface area contributed by atoms with Gasteiger partial charge in [0.25, 0.3) is 0 Å². The van der Waals surface area contributed by atoms with E-state index in [1.165, 1.54) is 6.07 Å². The number of fused-ring (bicyclic) bond motifs is 1. The van der Waals surface area contributed by atoms with Gasteiger partial charge in [0, 0.05) is 24.6 Å². The predicted octanol–water partition coefficient (Wildman–Crippen LogP) is 3.02. The Bertz CT molecular complexity index is 824. The van der Waals surface area contributed by atoms with Crippen molar-refractivity contribution in [3.63, 3.8) is 0 Å². The van der Waals surface area contributed by atoms with E-state index >= 15 is 0 Å². The second-order valence-electron chi connectivity index (χ2n) is 6.65. The molecule has 136 valence electrons. The SMILES string of the molecule is C[C@@H]1CC(=O)Nc2ccccc2N1C(=O)CN(C)Cc1ccccc1F. The Kier molecular flexibility index (Phi) is 5.32. The van der Waals surface area contributed by atoms with E-state index in [1.807, 2.05) is 25.1 Å². The predicted molar refractivity (Wildman–Crippen MR) is 99.4 cm³/mol. The Labute approximate surface area is 152 Å². The summed E-state index contributed by atoms with van der Waals surface area (Å²) in [7, 11) is 1.78. The van der Waals surface area contributed by atoms with Crippen molar-refractivity contribution in [1.29, 1.82) is 0 Å². The second kappa shape index (κ2) is 7.66. The van der Waals surface area contributed by atoms with Gasteiger partial charge in [-0.25, -0.2) is 4.39 Å². The molecule has 1 atom stereocenters. The topological polar surface area (TPSA) is 52.7 Å². The number of hydrogen-bond acceptors (Lipinski definition) is 3. The number of amides is 2. The van der Waals surface area contributed by atoms with Gasteiger partial charge in [-0.1, -0.05) is 30.3 Å². The minimum Gasteiger partial charge on any atom is -0.324 e. The van der Waals surface area contributed by atoms with E-state index in [-0.39, 0.29) is 36.6 Å². The van der Waals surface area contributed by atoms with E-state index < -0.39 is 0 Å². The van der Waals surface area contributed by atoms with Gasteiger partial charge in [-0.3, -0.25) is 14.5 Å². The van der Waals surface area contributed by atoms with Crippen LogP contribution >= 0.6 is 0 Å². The lowest BCUT2D eigenvalue weighted by atomic mass is 10.1. The fraction of sp³-hybridized carbons (Fsp3) is 0.300. The van der Waals surface area contributed by atoms with Crippen molar-refractivity contribution < 1.29 is 14.0 Å². The van der Waals surface area contributed by atoms with Crippen molar-refractivity contribution in [3.05, 3.63) is 59.9 Å². The Hall–Kier alpha value is -2.73. The van der Waals surface area contributed by atoms with Crippen LogP contribution in [0.3, 0.4) is 0 Å². The molecular formula is C20H22FN3O2. The third kappa shape index (κ3) is 3.91. The first-order valence-electron chi connectivity index (χ1n) is 8.58. The van der Waals surface area contributed by atoms with Crippen LogP contribution in [0.5, 0.6) is 0 Å². The molecule has 0 unspecified atom stereocenters. The molecule has 2 aromatic carbocycles. The molecule has 0 aromatic heterocycles. The molecule has 0 fully saturated rings. The standard InChI is InChI=1S/C20H22FN3O2/c1-14-11-19(25)22-17-9-5-6-10-18(17)24(14)20(26)13-23(2)12-15-7-3-4-8-16(15)21/h3-10,14H,11-13H2,1-2H3,(H,22,25)/t14-/m1/s1. The van der Waals surface area contributed by atoms with E-state index in [1.54, 1.807) is 41.1 Å². The highest BCUT2D eigenvalue weighted by atomic mass is 19.1. The Balaban J connectivity index is 1.78. The van der Waals surface area contributed by atoms with Crippen LogP contribution in [0.25, 0.3) is 0 Å². The van der Waals surface area contributed by atoms with Gasteiger partial charge in [-0.2, -0.15) is 0 Å². The molecule has 1 aliphatic heterocycles. The van der Waals surface area contributed by atoms with Crippen molar-refractivity contribution in [2.24, 2.45) is 0 Å². The molecular weight excluding hydrogens is 333 g/mol. The summed E-state index contributed by atoms with van der Waals surface area (Å²) in [5, 5.41) is 2.84. The minimum absolute atomic E-state index is 0.111. The number of carbonyl (C=O) groups excluding carboxylic acids is 2. The molecule has 0 aliphatic carbocycles. The second-order valence-corrected chi connectivity index (χ2v) is 6.65. The number of rotatable bonds is 4. The van der Waals surface area contributed by atoms with Crippen LogP contribution in [0, 0.1) is 5.82 Å². The zero-order valence-corrected chi connectivity index (χ0v) is 14.9. The summed E-state index contributed by atoms with van der Waals surface area (Å²) in [5.41, 5.74) is 1.87. The maximum atomic E-state index is 13.8. The van der Waals surface area contributed by atoms with Gasteiger partial charge < -0.3 is 10.2 Å². The van der Waals surface area contributed by atoms with Crippen molar-refractivity contribution in [2.75, 3.05) is 23.8 Å². The van der Waals surface area contributed by atoms with Gasteiger partial charge in [0.1, 0.15) is 5.82 Å². The van der Waals surface area contributed by atoms with Crippen LogP contribution in [0.4, 0.5) is 15.8 Å².